The van der Waals surface area contributed by atoms with Gasteiger partial charge in [0.25, 0.3) is 5.91 Å². The molecular weight excluding hydrogens is 434 g/mol. The summed E-state index contributed by atoms with van der Waals surface area (Å²) < 4.78 is 0. The Morgan fingerprint density at radius 3 is 2.42 bits per heavy atom. The van der Waals surface area contributed by atoms with Crippen molar-refractivity contribution >= 4 is 29.2 Å². The molecule has 1 fully saturated rings. The Kier molecular flexibility index (Phi) is 6.60. The zero-order valence-corrected chi connectivity index (χ0v) is 19.5. The molecule has 4 amide bonds. The SMILES string of the molecule is CCCc1ccc(C2(C)NC(=O)N(CC(=O)NC(c3ccccc3)c3cccs3)C2=O)cc1. The van der Waals surface area contributed by atoms with Crippen LogP contribution < -0.4 is 10.6 Å². The van der Waals surface area contributed by atoms with Crippen LogP contribution in [0.25, 0.3) is 0 Å². The van der Waals surface area contributed by atoms with E-state index >= 15 is 0 Å². The van der Waals surface area contributed by atoms with Crippen molar-refractivity contribution in [1.82, 2.24) is 15.5 Å². The summed E-state index contributed by atoms with van der Waals surface area (Å²) in [6, 6.07) is 20.3. The molecule has 7 heteroatoms. The number of hydrogen-bond acceptors (Lipinski definition) is 4. The lowest BCUT2D eigenvalue weighted by Crippen LogP contribution is -2.44. The zero-order chi connectivity index (χ0) is 23.4. The second kappa shape index (κ2) is 9.58. The average molecular weight is 462 g/mol. The second-order valence-electron chi connectivity index (χ2n) is 8.32. The molecule has 170 valence electrons. The Balaban J connectivity index is 1.49. The lowest BCUT2D eigenvalue weighted by atomic mass is 9.91. The maximum absolute atomic E-state index is 13.2. The number of thiophene rings is 1. The molecular formula is C26H27N3O3S. The van der Waals surface area contributed by atoms with Crippen molar-refractivity contribution < 1.29 is 14.4 Å². The predicted molar refractivity (Wildman–Crippen MR) is 129 cm³/mol. The number of carbonyl (C=O) groups excluding carboxylic acids is 3. The van der Waals surface area contributed by atoms with Crippen LogP contribution in [0.5, 0.6) is 0 Å². The number of amides is 4. The molecule has 0 bridgehead atoms. The summed E-state index contributed by atoms with van der Waals surface area (Å²) in [5.41, 5.74) is 1.61. The highest BCUT2D eigenvalue weighted by molar-refractivity contribution is 7.10. The van der Waals surface area contributed by atoms with Gasteiger partial charge in [-0.3, -0.25) is 14.5 Å². The van der Waals surface area contributed by atoms with Gasteiger partial charge < -0.3 is 10.6 Å². The summed E-state index contributed by atoms with van der Waals surface area (Å²) in [5.74, 6) is -0.832. The molecule has 3 aromatic rings. The number of nitrogens with one attached hydrogen (secondary N) is 2. The van der Waals surface area contributed by atoms with E-state index in [4.69, 9.17) is 0 Å². The van der Waals surface area contributed by atoms with E-state index in [1.807, 2.05) is 72.1 Å². The van der Waals surface area contributed by atoms with Gasteiger partial charge in [-0.15, -0.1) is 11.3 Å². The Morgan fingerprint density at radius 2 is 1.79 bits per heavy atom. The topological polar surface area (TPSA) is 78.5 Å². The van der Waals surface area contributed by atoms with Crippen LogP contribution in [0.2, 0.25) is 0 Å². The van der Waals surface area contributed by atoms with Gasteiger partial charge in [-0.25, -0.2) is 4.79 Å². The number of carbonyl (C=O) groups is 3. The highest BCUT2D eigenvalue weighted by Crippen LogP contribution is 2.30. The highest BCUT2D eigenvalue weighted by atomic mass is 32.1. The molecule has 2 atom stereocenters. The first-order chi connectivity index (χ1) is 15.9. The molecule has 1 saturated heterocycles. The zero-order valence-electron chi connectivity index (χ0n) is 18.7. The maximum Gasteiger partial charge on any atom is 0.325 e. The van der Waals surface area contributed by atoms with E-state index in [9.17, 15) is 14.4 Å². The largest absolute Gasteiger partial charge is 0.343 e. The van der Waals surface area contributed by atoms with Gasteiger partial charge in [0.1, 0.15) is 12.1 Å². The minimum Gasteiger partial charge on any atom is -0.343 e. The summed E-state index contributed by atoms with van der Waals surface area (Å²) in [5, 5.41) is 7.72. The Bertz CT molecular complexity index is 1130. The van der Waals surface area contributed by atoms with E-state index in [1.165, 1.54) is 16.9 Å². The van der Waals surface area contributed by atoms with Crippen LogP contribution in [0.3, 0.4) is 0 Å². The molecule has 2 unspecified atom stereocenters. The fourth-order valence-electron chi connectivity index (χ4n) is 4.10. The standard InChI is InChI=1S/C26H27N3O3S/c1-3-8-18-12-14-20(15-13-18)26(2)24(31)29(25(32)28-26)17-22(30)27-23(21-11-7-16-33-21)19-9-5-4-6-10-19/h4-7,9-16,23H,3,8,17H2,1-2H3,(H,27,30)(H,28,32). The van der Waals surface area contributed by atoms with Crippen molar-refractivity contribution in [1.29, 1.82) is 0 Å². The van der Waals surface area contributed by atoms with Crippen LogP contribution in [0.4, 0.5) is 4.79 Å². The van der Waals surface area contributed by atoms with Gasteiger partial charge in [-0.2, -0.15) is 0 Å². The molecule has 1 aromatic heterocycles. The molecule has 33 heavy (non-hydrogen) atoms. The van der Waals surface area contributed by atoms with Crippen LogP contribution in [-0.4, -0.2) is 29.3 Å². The number of urea groups is 1. The third kappa shape index (κ3) is 4.68. The number of aryl methyl sites for hydroxylation is 1. The van der Waals surface area contributed by atoms with Crippen molar-refractivity contribution in [3.05, 3.63) is 93.7 Å². The first kappa shape index (κ1) is 22.7. The molecule has 0 saturated carbocycles. The molecule has 2 heterocycles. The summed E-state index contributed by atoms with van der Waals surface area (Å²) in [6.07, 6.45) is 1.99. The van der Waals surface area contributed by atoms with Crippen molar-refractivity contribution in [3.8, 4) is 0 Å². The van der Waals surface area contributed by atoms with E-state index in [0.717, 1.165) is 28.2 Å². The normalized spacial score (nSPS) is 18.8. The summed E-state index contributed by atoms with van der Waals surface area (Å²) in [6.45, 7) is 3.45. The number of rotatable bonds is 8. The van der Waals surface area contributed by atoms with E-state index in [-0.39, 0.29) is 12.6 Å². The van der Waals surface area contributed by atoms with Gasteiger partial charge in [0.15, 0.2) is 0 Å². The Morgan fingerprint density at radius 1 is 1.06 bits per heavy atom. The summed E-state index contributed by atoms with van der Waals surface area (Å²) in [4.78, 5) is 40.8. The van der Waals surface area contributed by atoms with Crippen molar-refractivity contribution in [2.45, 2.75) is 38.3 Å². The fourth-order valence-corrected chi connectivity index (χ4v) is 4.90. The van der Waals surface area contributed by atoms with Gasteiger partial charge in [0.2, 0.25) is 5.91 Å². The van der Waals surface area contributed by atoms with Crippen molar-refractivity contribution in [2.75, 3.05) is 6.54 Å². The van der Waals surface area contributed by atoms with Gasteiger partial charge in [-0.1, -0.05) is 74.0 Å². The monoisotopic (exact) mass is 461 g/mol. The van der Waals surface area contributed by atoms with E-state index in [2.05, 4.69) is 17.6 Å². The smallest absolute Gasteiger partial charge is 0.325 e. The van der Waals surface area contributed by atoms with Gasteiger partial charge >= 0.3 is 6.03 Å². The van der Waals surface area contributed by atoms with Gasteiger partial charge in [0.05, 0.1) is 6.04 Å². The maximum atomic E-state index is 13.2. The molecule has 1 aliphatic rings. The van der Waals surface area contributed by atoms with Crippen molar-refractivity contribution in [2.24, 2.45) is 0 Å². The van der Waals surface area contributed by atoms with E-state index < -0.39 is 23.4 Å². The minimum absolute atomic E-state index is 0.344. The van der Waals surface area contributed by atoms with E-state index in [0.29, 0.717) is 5.56 Å². The van der Waals surface area contributed by atoms with Gasteiger partial charge in [0, 0.05) is 4.88 Å². The van der Waals surface area contributed by atoms with Crippen LogP contribution in [0, 0.1) is 0 Å². The molecule has 2 N–H and O–H groups in total. The minimum atomic E-state index is -1.20. The van der Waals surface area contributed by atoms with Crippen LogP contribution >= 0.6 is 11.3 Å². The number of nitrogens with zero attached hydrogens (tertiary/aromatic N) is 1. The van der Waals surface area contributed by atoms with Crippen LogP contribution in [0.1, 0.15) is 47.9 Å². The average Bonchev–Trinajstić information content (AvgIpc) is 3.42. The fraction of sp³-hybridized carbons (Fsp3) is 0.269. The van der Waals surface area contributed by atoms with Crippen LogP contribution in [-0.2, 0) is 21.5 Å². The number of hydrogen-bond donors (Lipinski definition) is 2. The molecule has 0 aliphatic carbocycles. The number of benzene rings is 2. The molecule has 0 radical (unpaired) electrons. The lowest BCUT2D eigenvalue weighted by molar-refractivity contribution is -0.135. The Hall–Kier alpha value is -3.45. The first-order valence-electron chi connectivity index (χ1n) is 11.0. The first-order valence-corrected chi connectivity index (χ1v) is 11.9. The van der Waals surface area contributed by atoms with E-state index in [1.54, 1.807) is 6.92 Å². The number of imide groups is 1. The predicted octanol–water partition coefficient (Wildman–Crippen LogP) is 4.37. The second-order valence-corrected chi connectivity index (χ2v) is 9.30. The third-order valence-corrected chi connectivity index (χ3v) is 6.85. The molecule has 1 aliphatic heterocycles. The molecule has 2 aromatic carbocycles. The molecule has 6 nitrogen and oxygen atoms in total. The summed E-state index contributed by atoms with van der Waals surface area (Å²) in [7, 11) is 0. The quantitative estimate of drug-likeness (QED) is 0.489. The molecule has 0 spiro atoms. The highest BCUT2D eigenvalue weighted by Gasteiger charge is 2.49. The summed E-state index contributed by atoms with van der Waals surface area (Å²) >= 11 is 1.54. The van der Waals surface area contributed by atoms with Crippen molar-refractivity contribution in [3.63, 3.8) is 0 Å². The van der Waals surface area contributed by atoms with Gasteiger partial charge in [-0.05, 0) is 41.5 Å². The Labute approximate surface area is 197 Å². The lowest BCUT2D eigenvalue weighted by Gasteiger charge is -2.23. The third-order valence-electron chi connectivity index (χ3n) is 5.91. The van der Waals surface area contributed by atoms with Crippen LogP contribution in [0.15, 0.2) is 72.1 Å². The molecule has 4 rings (SSSR count).